The van der Waals surface area contributed by atoms with E-state index in [-0.39, 0.29) is 24.5 Å². The summed E-state index contributed by atoms with van der Waals surface area (Å²) >= 11 is 0. The van der Waals surface area contributed by atoms with Crippen LogP contribution in [0.2, 0.25) is 0 Å². The number of hydrogen-bond acceptors (Lipinski definition) is 7. The molecule has 1 aromatic carbocycles. The molecule has 1 amide bonds. The van der Waals surface area contributed by atoms with Gasteiger partial charge in [0.05, 0.1) is 17.8 Å². The van der Waals surface area contributed by atoms with Crippen LogP contribution in [-0.4, -0.2) is 69.5 Å². The highest BCUT2D eigenvalue weighted by Crippen LogP contribution is 2.26. The zero-order valence-electron chi connectivity index (χ0n) is 15.3. The summed E-state index contributed by atoms with van der Waals surface area (Å²) in [4.78, 5) is 24.5. The molecule has 0 bridgehead atoms. The average Bonchev–Trinajstić information content (AvgIpc) is 2.96. The zero-order chi connectivity index (χ0) is 20.5. The summed E-state index contributed by atoms with van der Waals surface area (Å²) < 4.78 is 53.2. The van der Waals surface area contributed by atoms with Gasteiger partial charge in [-0.3, -0.25) is 9.59 Å². The van der Waals surface area contributed by atoms with Crippen LogP contribution in [0.5, 0.6) is 0 Å². The lowest BCUT2D eigenvalue weighted by Crippen LogP contribution is -2.49. The van der Waals surface area contributed by atoms with E-state index in [0.29, 0.717) is 6.42 Å². The summed E-state index contributed by atoms with van der Waals surface area (Å²) in [6, 6.07) is 5.68. The molecule has 0 aliphatic carbocycles. The van der Waals surface area contributed by atoms with Crippen LogP contribution in [0.15, 0.2) is 24.3 Å². The maximum absolute atomic E-state index is 12.5. The summed E-state index contributed by atoms with van der Waals surface area (Å²) in [5, 5.41) is 2.52. The first-order valence-corrected chi connectivity index (χ1v) is 12.4. The summed E-state index contributed by atoms with van der Waals surface area (Å²) in [7, 11) is -6.81. The largest absolute Gasteiger partial charge is 0.454 e. The van der Waals surface area contributed by atoms with Gasteiger partial charge < -0.3 is 10.1 Å². The highest BCUT2D eigenvalue weighted by Gasteiger charge is 2.38. The number of nitrogens with zero attached hydrogens (tertiary/aromatic N) is 1. The monoisotopic (exact) mass is 430 g/mol. The predicted octanol–water partition coefficient (Wildman–Crippen LogP) is -0.781. The van der Waals surface area contributed by atoms with E-state index in [2.05, 4.69) is 5.32 Å². The number of ether oxygens (including phenoxy) is 1. The normalized spacial score (nSPS) is 24.3. The van der Waals surface area contributed by atoms with Gasteiger partial charge in [0.1, 0.15) is 6.04 Å². The van der Waals surface area contributed by atoms with Crippen LogP contribution in [0.1, 0.15) is 17.5 Å². The van der Waals surface area contributed by atoms with Gasteiger partial charge >= 0.3 is 5.97 Å². The van der Waals surface area contributed by atoms with Crippen molar-refractivity contribution in [3.8, 4) is 0 Å². The fourth-order valence-electron chi connectivity index (χ4n) is 3.46. The minimum Gasteiger partial charge on any atom is -0.454 e. The Morgan fingerprint density at radius 3 is 2.54 bits per heavy atom. The van der Waals surface area contributed by atoms with Crippen molar-refractivity contribution in [1.82, 2.24) is 9.62 Å². The number of sulfone groups is 1. The quantitative estimate of drug-likeness (QED) is 0.607. The minimum absolute atomic E-state index is 0.0164. The number of benzene rings is 1. The molecule has 0 unspecified atom stereocenters. The molecule has 2 aliphatic rings. The molecular formula is C17H22N2O7S2. The topological polar surface area (TPSA) is 127 Å². The molecule has 2 heterocycles. The van der Waals surface area contributed by atoms with Crippen LogP contribution in [0, 0.1) is 0 Å². The van der Waals surface area contributed by atoms with E-state index in [1.807, 2.05) is 6.07 Å². The third-order valence-corrected chi connectivity index (χ3v) is 7.85. The Kier molecular flexibility index (Phi) is 5.78. The third-order valence-electron chi connectivity index (χ3n) is 4.85. The number of sulfonamides is 1. The van der Waals surface area contributed by atoms with Gasteiger partial charge in [-0.25, -0.2) is 16.8 Å². The number of fused-ring (bicyclic) bond motifs is 1. The first kappa shape index (κ1) is 20.7. The van der Waals surface area contributed by atoms with E-state index >= 15 is 0 Å². The Hall–Kier alpha value is -1.98. The maximum Gasteiger partial charge on any atom is 0.325 e. The lowest BCUT2D eigenvalue weighted by atomic mass is 9.96. The highest BCUT2D eigenvalue weighted by atomic mass is 32.2. The Balaban J connectivity index is 1.63. The second-order valence-electron chi connectivity index (χ2n) is 7.07. The first-order valence-electron chi connectivity index (χ1n) is 8.75. The number of amides is 1. The van der Waals surface area contributed by atoms with Crippen molar-refractivity contribution in [3.63, 3.8) is 0 Å². The van der Waals surface area contributed by atoms with E-state index in [1.54, 1.807) is 18.2 Å². The summed E-state index contributed by atoms with van der Waals surface area (Å²) in [5.41, 5.74) is 1.67. The molecule has 0 saturated carbocycles. The Morgan fingerprint density at radius 1 is 1.25 bits per heavy atom. The summed E-state index contributed by atoms with van der Waals surface area (Å²) in [6.07, 6.45) is 1.50. The number of nitrogens with one attached hydrogen (secondary N) is 1. The summed E-state index contributed by atoms with van der Waals surface area (Å²) in [5.74, 6) is -1.54. The molecule has 9 nitrogen and oxygen atoms in total. The van der Waals surface area contributed by atoms with Gasteiger partial charge in [0, 0.05) is 19.0 Å². The van der Waals surface area contributed by atoms with E-state index in [1.165, 1.54) is 0 Å². The van der Waals surface area contributed by atoms with Crippen LogP contribution in [0.25, 0.3) is 0 Å². The van der Waals surface area contributed by atoms with Crippen LogP contribution in [0.4, 0.5) is 0 Å². The Labute approximate surface area is 164 Å². The second kappa shape index (κ2) is 7.80. The van der Waals surface area contributed by atoms with Crippen molar-refractivity contribution >= 4 is 31.7 Å². The summed E-state index contributed by atoms with van der Waals surface area (Å²) in [6.45, 7) is -0.536. The molecule has 0 spiro atoms. The van der Waals surface area contributed by atoms with E-state index in [0.717, 1.165) is 21.7 Å². The van der Waals surface area contributed by atoms with Gasteiger partial charge in [0.15, 0.2) is 16.4 Å². The van der Waals surface area contributed by atoms with Crippen LogP contribution >= 0.6 is 0 Å². The Morgan fingerprint density at radius 2 is 1.93 bits per heavy atom. The molecule has 154 valence electrons. The molecule has 28 heavy (non-hydrogen) atoms. The van der Waals surface area contributed by atoms with Gasteiger partial charge in [-0.2, -0.15) is 4.31 Å². The predicted molar refractivity (Wildman–Crippen MR) is 100 cm³/mol. The second-order valence-corrected chi connectivity index (χ2v) is 11.2. The lowest BCUT2D eigenvalue weighted by molar-refractivity contribution is -0.152. The number of carbonyl (C=O) groups is 2. The van der Waals surface area contributed by atoms with E-state index in [9.17, 15) is 26.4 Å². The minimum atomic E-state index is -3.67. The Bertz CT molecular complexity index is 989. The highest BCUT2D eigenvalue weighted by molar-refractivity contribution is 7.91. The van der Waals surface area contributed by atoms with Gasteiger partial charge in [-0.05, 0) is 17.5 Å². The van der Waals surface area contributed by atoms with Gasteiger partial charge in [0.25, 0.3) is 5.91 Å². The third kappa shape index (κ3) is 4.89. The molecule has 1 aromatic rings. The van der Waals surface area contributed by atoms with Crippen molar-refractivity contribution in [2.45, 2.75) is 31.5 Å². The van der Waals surface area contributed by atoms with Crippen molar-refractivity contribution in [1.29, 1.82) is 0 Å². The standard InChI is InChI=1S/C17H22N2O7S2/c1-27(22,23)19-9-13-5-3-2-4-12(13)8-15(19)17(21)26-10-16(20)18-14-6-7-28(24,25)11-14/h2-5,14-15H,6-11H2,1H3,(H,18,20)/t14-,15+/m1/s1. The molecule has 2 aliphatic heterocycles. The SMILES string of the molecule is CS(=O)(=O)N1Cc2ccccc2C[C@H]1C(=O)OCC(=O)N[C@@H]1CCS(=O)(=O)C1. The van der Waals surface area contributed by atoms with Crippen LogP contribution in [-0.2, 0) is 47.2 Å². The molecule has 1 fully saturated rings. The van der Waals surface area contributed by atoms with Crippen molar-refractivity contribution in [2.24, 2.45) is 0 Å². The van der Waals surface area contributed by atoms with Crippen molar-refractivity contribution < 1.29 is 31.2 Å². The molecular weight excluding hydrogens is 408 g/mol. The molecule has 3 rings (SSSR count). The van der Waals surface area contributed by atoms with E-state index in [4.69, 9.17) is 4.74 Å². The molecule has 2 atom stereocenters. The number of hydrogen-bond donors (Lipinski definition) is 1. The van der Waals surface area contributed by atoms with Gasteiger partial charge in [-0.15, -0.1) is 0 Å². The molecule has 1 N–H and O–H groups in total. The smallest absolute Gasteiger partial charge is 0.325 e. The number of esters is 1. The fourth-order valence-corrected chi connectivity index (χ4v) is 6.13. The number of carbonyl (C=O) groups excluding carboxylic acids is 2. The van der Waals surface area contributed by atoms with E-state index < -0.39 is 50.4 Å². The van der Waals surface area contributed by atoms with Crippen LogP contribution < -0.4 is 5.32 Å². The van der Waals surface area contributed by atoms with Crippen molar-refractivity contribution in [2.75, 3.05) is 24.4 Å². The van der Waals surface area contributed by atoms with Gasteiger partial charge in [-0.1, -0.05) is 24.3 Å². The fraction of sp³-hybridized carbons (Fsp3) is 0.529. The zero-order valence-corrected chi connectivity index (χ0v) is 17.0. The lowest BCUT2D eigenvalue weighted by Gasteiger charge is -2.33. The first-order chi connectivity index (χ1) is 13.0. The number of rotatable bonds is 5. The van der Waals surface area contributed by atoms with Crippen molar-refractivity contribution in [3.05, 3.63) is 35.4 Å². The molecule has 11 heteroatoms. The maximum atomic E-state index is 12.5. The average molecular weight is 431 g/mol. The molecule has 0 aromatic heterocycles. The molecule has 1 saturated heterocycles. The van der Waals surface area contributed by atoms with Crippen LogP contribution in [0.3, 0.4) is 0 Å². The van der Waals surface area contributed by atoms with Gasteiger partial charge in [0.2, 0.25) is 10.0 Å². The molecule has 0 radical (unpaired) electrons.